The van der Waals surface area contributed by atoms with E-state index in [4.69, 9.17) is 4.74 Å². The average Bonchev–Trinajstić information content (AvgIpc) is 2.99. The number of likely N-dealkylation sites (tertiary alicyclic amines) is 1. The van der Waals surface area contributed by atoms with Crippen LogP contribution in [-0.2, 0) is 22.6 Å². The van der Waals surface area contributed by atoms with Crippen molar-refractivity contribution >= 4 is 12.0 Å². The summed E-state index contributed by atoms with van der Waals surface area (Å²) in [4.78, 5) is 27.8. The summed E-state index contributed by atoms with van der Waals surface area (Å²) in [6.07, 6.45) is 0.866. The third-order valence-corrected chi connectivity index (χ3v) is 4.98. The lowest BCUT2D eigenvalue weighted by atomic mass is 9.79. The maximum atomic E-state index is 12.7. The van der Waals surface area contributed by atoms with Crippen LogP contribution in [0.15, 0.2) is 24.3 Å². The molecule has 6 nitrogen and oxygen atoms in total. The molecule has 1 saturated heterocycles. The Labute approximate surface area is 135 Å². The number of urea groups is 1. The van der Waals surface area contributed by atoms with Gasteiger partial charge < -0.3 is 19.6 Å². The van der Waals surface area contributed by atoms with Crippen LogP contribution in [0.25, 0.3) is 0 Å². The molecule has 0 spiro atoms. The molecule has 6 heteroatoms. The van der Waals surface area contributed by atoms with Gasteiger partial charge in [0.1, 0.15) is 0 Å². The fourth-order valence-electron chi connectivity index (χ4n) is 3.49. The van der Waals surface area contributed by atoms with E-state index in [1.165, 1.54) is 18.2 Å². The first-order valence-corrected chi connectivity index (χ1v) is 7.89. The molecule has 0 radical (unpaired) electrons. The van der Waals surface area contributed by atoms with Gasteiger partial charge in [-0.15, -0.1) is 0 Å². The van der Waals surface area contributed by atoms with E-state index < -0.39 is 11.4 Å². The SMILES string of the molecule is COCC1(C(=O)O)CCN(C(=O)N2Cc3ccccc3C2)CC1. The van der Waals surface area contributed by atoms with Gasteiger partial charge in [-0.3, -0.25) is 4.79 Å². The molecule has 0 saturated carbocycles. The van der Waals surface area contributed by atoms with E-state index in [9.17, 15) is 14.7 Å². The standard InChI is InChI=1S/C17H22N2O4/c1-23-12-17(15(20)21)6-8-18(9-7-17)16(22)19-10-13-4-2-3-5-14(13)11-19/h2-5H,6-12H2,1H3,(H,20,21). The predicted octanol–water partition coefficient (Wildman–Crippen LogP) is 1.94. The predicted molar refractivity (Wildman–Crippen MR) is 83.8 cm³/mol. The molecular weight excluding hydrogens is 296 g/mol. The number of carbonyl (C=O) groups is 2. The van der Waals surface area contributed by atoms with E-state index in [-0.39, 0.29) is 12.6 Å². The molecule has 0 aliphatic carbocycles. The minimum Gasteiger partial charge on any atom is -0.481 e. The Balaban J connectivity index is 1.62. The van der Waals surface area contributed by atoms with Crippen molar-refractivity contribution in [3.63, 3.8) is 0 Å². The van der Waals surface area contributed by atoms with Gasteiger partial charge in [0.15, 0.2) is 0 Å². The number of fused-ring (bicyclic) bond motifs is 1. The van der Waals surface area contributed by atoms with Gasteiger partial charge in [0.25, 0.3) is 0 Å². The van der Waals surface area contributed by atoms with Crippen molar-refractivity contribution < 1.29 is 19.4 Å². The third kappa shape index (κ3) is 2.91. The Morgan fingerprint density at radius 1 is 1.13 bits per heavy atom. The van der Waals surface area contributed by atoms with E-state index in [2.05, 4.69) is 0 Å². The molecule has 1 fully saturated rings. The van der Waals surface area contributed by atoms with Crippen molar-refractivity contribution in [2.75, 3.05) is 26.8 Å². The highest BCUT2D eigenvalue weighted by Gasteiger charge is 2.43. The van der Waals surface area contributed by atoms with Crippen molar-refractivity contribution in [2.24, 2.45) is 5.41 Å². The van der Waals surface area contributed by atoms with E-state index >= 15 is 0 Å². The highest BCUT2D eigenvalue weighted by Crippen LogP contribution is 2.33. The van der Waals surface area contributed by atoms with Crippen molar-refractivity contribution in [1.29, 1.82) is 0 Å². The van der Waals surface area contributed by atoms with Gasteiger partial charge in [0.05, 0.1) is 12.0 Å². The molecule has 3 rings (SSSR count). The second kappa shape index (κ2) is 6.20. The molecule has 1 aromatic carbocycles. The normalized spacial score (nSPS) is 19.5. The van der Waals surface area contributed by atoms with Gasteiger partial charge in [-0.05, 0) is 24.0 Å². The monoisotopic (exact) mass is 318 g/mol. The van der Waals surface area contributed by atoms with E-state index in [1.54, 1.807) is 4.90 Å². The lowest BCUT2D eigenvalue weighted by molar-refractivity contribution is -0.155. The summed E-state index contributed by atoms with van der Waals surface area (Å²) >= 11 is 0. The maximum Gasteiger partial charge on any atom is 0.320 e. The second-order valence-electron chi connectivity index (χ2n) is 6.41. The molecule has 0 unspecified atom stereocenters. The van der Waals surface area contributed by atoms with Gasteiger partial charge in [0, 0.05) is 33.3 Å². The quantitative estimate of drug-likeness (QED) is 0.924. The summed E-state index contributed by atoms with van der Waals surface area (Å²) in [6.45, 7) is 2.38. The van der Waals surface area contributed by atoms with Crippen LogP contribution in [0.4, 0.5) is 4.79 Å². The van der Waals surface area contributed by atoms with Crippen LogP contribution in [0, 0.1) is 5.41 Å². The van der Waals surface area contributed by atoms with Crippen LogP contribution in [0.3, 0.4) is 0 Å². The molecule has 124 valence electrons. The Hall–Kier alpha value is -2.08. The number of carboxylic acids is 1. The number of piperidine rings is 1. The summed E-state index contributed by atoms with van der Waals surface area (Å²) in [6, 6.07) is 8.07. The number of aliphatic carboxylic acids is 1. The molecule has 2 aliphatic heterocycles. The molecule has 0 bridgehead atoms. The number of carboxylic acid groups (broad SMARTS) is 1. The highest BCUT2D eigenvalue weighted by molar-refractivity contribution is 5.78. The summed E-state index contributed by atoms with van der Waals surface area (Å²) in [7, 11) is 1.52. The van der Waals surface area contributed by atoms with Gasteiger partial charge in [0.2, 0.25) is 0 Å². The zero-order valence-electron chi connectivity index (χ0n) is 13.3. The lowest BCUT2D eigenvalue weighted by Crippen LogP contribution is -2.51. The van der Waals surface area contributed by atoms with Gasteiger partial charge in [-0.2, -0.15) is 0 Å². The fraction of sp³-hybridized carbons (Fsp3) is 0.529. The third-order valence-electron chi connectivity index (χ3n) is 4.98. The Morgan fingerprint density at radius 3 is 2.17 bits per heavy atom. The number of ether oxygens (including phenoxy) is 1. The lowest BCUT2D eigenvalue weighted by Gasteiger charge is -2.39. The minimum absolute atomic E-state index is 0.00222. The Morgan fingerprint density at radius 2 is 1.70 bits per heavy atom. The summed E-state index contributed by atoms with van der Waals surface area (Å²) < 4.78 is 5.09. The number of nitrogens with zero attached hydrogens (tertiary/aromatic N) is 2. The molecule has 2 amide bonds. The van der Waals surface area contributed by atoms with Crippen LogP contribution < -0.4 is 0 Å². The van der Waals surface area contributed by atoms with Gasteiger partial charge in [-0.25, -0.2) is 4.79 Å². The molecule has 2 heterocycles. The molecule has 1 aromatic rings. The maximum absolute atomic E-state index is 12.7. The molecule has 1 N–H and O–H groups in total. The summed E-state index contributed by atoms with van der Waals surface area (Å²) in [5, 5.41) is 9.48. The van der Waals surface area contributed by atoms with Crippen molar-refractivity contribution in [3.05, 3.63) is 35.4 Å². The number of amides is 2. The molecular formula is C17H22N2O4. The number of hydrogen-bond donors (Lipinski definition) is 1. The van der Waals surface area contributed by atoms with Crippen molar-refractivity contribution in [2.45, 2.75) is 25.9 Å². The van der Waals surface area contributed by atoms with Crippen molar-refractivity contribution in [1.82, 2.24) is 9.80 Å². The molecule has 0 atom stereocenters. The second-order valence-corrected chi connectivity index (χ2v) is 6.41. The van der Waals surface area contributed by atoms with Gasteiger partial charge in [-0.1, -0.05) is 24.3 Å². The number of benzene rings is 1. The van der Waals surface area contributed by atoms with E-state index in [0.29, 0.717) is 39.0 Å². The first-order valence-electron chi connectivity index (χ1n) is 7.89. The molecule has 2 aliphatic rings. The number of carbonyl (C=O) groups excluding carboxylic acids is 1. The number of hydrogen-bond acceptors (Lipinski definition) is 3. The Kier molecular flexibility index (Phi) is 4.26. The van der Waals surface area contributed by atoms with Crippen LogP contribution in [0.2, 0.25) is 0 Å². The van der Waals surface area contributed by atoms with Crippen LogP contribution in [0.1, 0.15) is 24.0 Å². The van der Waals surface area contributed by atoms with Gasteiger partial charge >= 0.3 is 12.0 Å². The largest absolute Gasteiger partial charge is 0.481 e. The topological polar surface area (TPSA) is 70.1 Å². The van der Waals surface area contributed by atoms with Crippen LogP contribution >= 0.6 is 0 Å². The smallest absolute Gasteiger partial charge is 0.320 e. The number of methoxy groups -OCH3 is 1. The Bertz CT molecular complexity index is 583. The highest BCUT2D eigenvalue weighted by atomic mass is 16.5. The minimum atomic E-state index is -0.862. The summed E-state index contributed by atoms with van der Waals surface area (Å²) in [5.74, 6) is -0.833. The van der Waals surface area contributed by atoms with E-state index in [0.717, 1.165) is 0 Å². The first-order chi connectivity index (χ1) is 11.1. The zero-order chi connectivity index (χ0) is 16.4. The molecule has 0 aromatic heterocycles. The fourth-order valence-corrected chi connectivity index (χ4v) is 3.49. The summed E-state index contributed by atoms with van der Waals surface area (Å²) in [5.41, 5.74) is 1.52. The zero-order valence-corrected chi connectivity index (χ0v) is 13.3. The first kappa shape index (κ1) is 15.8. The van der Waals surface area contributed by atoms with Crippen molar-refractivity contribution in [3.8, 4) is 0 Å². The molecule has 23 heavy (non-hydrogen) atoms. The van der Waals surface area contributed by atoms with Crippen LogP contribution in [0.5, 0.6) is 0 Å². The number of rotatable bonds is 3. The average molecular weight is 318 g/mol. The van der Waals surface area contributed by atoms with E-state index in [1.807, 2.05) is 29.2 Å². The van der Waals surface area contributed by atoms with Crippen LogP contribution in [-0.4, -0.2) is 53.7 Å².